The molecule has 94 valence electrons. The number of hydrogen-bond donors (Lipinski definition) is 1. The van der Waals surface area contributed by atoms with Gasteiger partial charge in [-0.15, -0.1) is 0 Å². The third kappa shape index (κ3) is 2.37. The molecule has 0 fully saturated rings. The number of pyridine rings is 1. The minimum Gasteiger partial charge on any atom is -0.384 e. The van der Waals surface area contributed by atoms with E-state index in [1.807, 2.05) is 48.5 Å². The molecule has 19 heavy (non-hydrogen) atoms. The van der Waals surface area contributed by atoms with Crippen LogP contribution in [0.3, 0.4) is 0 Å². The lowest BCUT2D eigenvalue weighted by Crippen LogP contribution is -2.01. The Labute approximate surface area is 119 Å². The van der Waals surface area contributed by atoms with Gasteiger partial charge < -0.3 is 5.73 Å². The number of nitrogens with zero attached hydrogens (tertiary/aromatic N) is 3. The van der Waals surface area contributed by atoms with Gasteiger partial charge in [0.05, 0.1) is 11.4 Å². The summed E-state index contributed by atoms with van der Waals surface area (Å²) >= 11 is 3.36. The van der Waals surface area contributed by atoms with Crippen LogP contribution in [0.15, 0.2) is 59.2 Å². The van der Waals surface area contributed by atoms with E-state index in [-0.39, 0.29) is 0 Å². The summed E-state index contributed by atoms with van der Waals surface area (Å²) in [4.78, 5) is 4.32. The lowest BCUT2D eigenvalue weighted by Gasteiger charge is -2.02. The zero-order valence-electron chi connectivity index (χ0n) is 9.99. The van der Waals surface area contributed by atoms with Gasteiger partial charge in [-0.3, -0.25) is 4.98 Å². The Hall–Kier alpha value is -2.14. The van der Waals surface area contributed by atoms with Crippen molar-refractivity contribution in [2.45, 2.75) is 0 Å². The SMILES string of the molecule is Nc1cc(-c2ccc(Br)cn2)nn1-c1ccccc1. The fraction of sp³-hybridized carbons (Fsp3) is 0. The summed E-state index contributed by atoms with van der Waals surface area (Å²) in [7, 11) is 0. The van der Waals surface area contributed by atoms with E-state index in [2.05, 4.69) is 26.0 Å². The fourth-order valence-electron chi connectivity index (χ4n) is 1.82. The van der Waals surface area contributed by atoms with E-state index >= 15 is 0 Å². The van der Waals surface area contributed by atoms with Crippen molar-refractivity contribution in [3.05, 3.63) is 59.2 Å². The zero-order chi connectivity index (χ0) is 13.2. The predicted molar refractivity (Wildman–Crippen MR) is 78.9 cm³/mol. The van der Waals surface area contributed by atoms with E-state index in [1.54, 1.807) is 10.9 Å². The first-order valence-corrected chi connectivity index (χ1v) is 6.56. The van der Waals surface area contributed by atoms with Crippen LogP contribution < -0.4 is 5.73 Å². The second-order valence-corrected chi connectivity index (χ2v) is 4.98. The van der Waals surface area contributed by atoms with Crippen molar-refractivity contribution < 1.29 is 0 Å². The van der Waals surface area contributed by atoms with Crippen molar-refractivity contribution in [3.63, 3.8) is 0 Å². The number of rotatable bonds is 2. The molecule has 0 amide bonds. The second kappa shape index (κ2) is 4.85. The molecule has 0 spiro atoms. The normalized spacial score (nSPS) is 10.6. The average molecular weight is 315 g/mol. The Morgan fingerprint density at radius 1 is 1.00 bits per heavy atom. The fourth-order valence-corrected chi connectivity index (χ4v) is 2.06. The lowest BCUT2D eigenvalue weighted by molar-refractivity contribution is 0.893. The van der Waals surface area contributed by atoms with Crippen LogP contribution in [-0.4, -0.2) is 14.8 Å². The third-order valence-electron chi connectivity index (χ3n) is 2.73. The molecular weight excluding hydrogens is 304 g/mol. The molecule has 0 saturated carbocycles. The smallest absolute Gasteiger partial charge is 0.127 e. The maximum atomic E-state index is 6.00. The number of aromatic nitrogens is 3. The Morgan fingerprint density at radius 2 is 1.79 bits per heavy atom. The van der Waals surface area contributed by atoms with Crippen LogP contribution in [0.5, 0.6) is 0 Å². The van der Waals surface area contributed by atoms with Gasteiger partial charge in [0.15, 0.2) is 0 Å². The van der Waals surface area contributed by atoms with Crippen LogP contribution in [0.4, 0.5) is 5.82 Å². The Morgan fingerprint density at radius 3 is 2.47 bits per heavy atom. The largest absolute Gasteiger partial charge is 0.384 e. The van der Waals surface area contributed by atoms with Gasteiger partial charge in [-0.25, -0.2) is 4.68 Å². The molecule has 1 aromatic carbocycles. The van der Waals surface area contributed by atoms with Crippen molar-refractivity contribution in [2.75, 3.05) is 5.73 Å². The molecule has 2 aromatic heterocycles. The number of halogens is 1. The van der Waals surface area contributed by atoms with Crippen LogP contribution in [-0.2, 0) is 0 Å². The van der Waals surface area contributed by atoms with E-state index in [4.69, 9.17) is 5.73 Å². The maximum Gasteiger partial charge on any atom is 0.127 e. The first kappa shape index (κ1) is 11.9. The highest BCUT2D eigenvalue weighted by Gasteiger charge is 2.09. The van der Waals surface area contributed by atoms with Gasteiger partial charge in [0.25, 0.3) is 0 Å². The summed E-state index contributed by atoms with van der Waals surface area (Å²) in [6.45, 7) is 0. The molecule has 2 heterocycles. The van der Waals surface area contributed by atoms with Crippen LogP contribution in [0.2, 0.25) is 0 Å². The predicted octanol–water partition coefficient (Wildman–Crippen LogP) is 3.28. The third-order valence-corrected chi connectivity index (χ3v) is 3.20. The first-order valence-electron chi connectivity index (χ1n) is 5.77. The number of anilines is 1. The van der Waals surface area contributed by atoms with E-state index in [0.29, 0.717) is 5.82 Å². The number of para-hydroxylation sites is 1. The van der Waals surface area contributed by atoms with Crippen LogP contribution in [0.25, 0.3) is 17.1 Å². The highest BCUT2D eigenvalue weighted by Crippen LogP contribution is 2.22. The van der Waals surface area contributed by atoms with Crippen LogP contribution in [0, 0.1) is 0 Å². The summed E-state index contributed by atoms with van der Waals surface area (Å²) in [5, 5.41) is 4.49. The molecule has 2 N–H and O–H groups in total. The second-order valence-electron chi connectivity index (χ2n) is 4.06. The van der Waals surface area contributed by atoms with Gasteiger partial charge in [0.1, 0.15) is 11.5 Å². The summed E-state index contributed by atoms with van der Waals surface area (Å²) in [5.74, 6) is 0.589. The van der Waals surface area contributed by atoms with E-state index in [0.717, 1.165) is 21.5 Å². The molecule has 0 unspecified atom stereocenters. The van der Waals surface area contributed by atoms with Gasteiger partial charge in [0.2, 0.25) is 0 Å². The molecule has 0 aliphatic heterocycles. The molecule has 0 bridgehead atoms. The van der Waals surface area contributed by atoms with Crippen LogP contribution >= 0.6 is 15.9 Å². The lowest BCUT2D eigenvalue weighted by atomic mass is 10.3. The quantitative estimate of drug-likeness (QED) is 0.789. The van der Waals surface area contributed by atoms with Gasteiger partial charge in [-0.2, -0.15) is 5.10 Å². The van der Waals surface area contributed by atoms with Gasteiger partial charge in [-0.05, 0) is 40.2 Å². The van der Waals surface area contributed by atoms with Crippen molar-refractivity contribution in [1.29, 1.82) is 0 Å². The highest BCUT2D eigenvalue weighted by molar-refractivity contribution is 9.10. The van der Waals surface area contributed by atoms with Crippen molar-refractivity contribution in [1.82, 2.24) is 14.8 Å². The molecule has 3 aromatic rings. The minimum absolute atomic E-state index is 0.589. The number of benzene rings is 1. The average Bonchev–Trinajstić information content (AvgIpc) is 2.83. The topological polar surface area (TPSA) is 56.7 Å². The molecule has 3 rings (SSSR count). The Balaban J connectivity index is 2.04. The molecule has 0 aliphatic carbocycles. The Bertz CT molecular complexity index is 689. The van der Waals surface area contributed by atoms with Crippen LogP contribution in [0.1, 0.15) is 0 Å². The van der Waals surface area contributed by atoms with E-state index in [9.17, 15) is 0 Å². The highest BCUT2D eigenvalue weighted by atomic mass is 79.9. The van der Waals surface area contributed by atoms with E-state index < -0.39 is 0 Å². The molecular formula is C14H11BrN4. The first-order chi connectivity index (χ1) is 9.24. The summed E-state index contributed by atoms with van der Waals surface area (Å²) in [6.07, 6.45) is 1.74. The van der Waals surface area contributed by atoms with Gasteiger partial charge in [0, 0.05) is 16.7 Å². The summed E-state index contributed by atoms with van der Waals surface area (Å²) < 4.78 is 2.64. The van der Waals surface area contributed by atoms with Gasteiger partial charge >= 0.3 is 0 Å². The molecule has 0 saturated heterocycles. The number of nitrogens with two attached hydrogens (primary N) is 1. The Kier molecular flexibility index (Phi) is 3.05. The summed E-state index contributed by atoms with van der Waals surface area (Å²) in [5.41, 5.74) is 8.49. The minimum atomic E-state index is 0.589. The van der Waals surface area contributed by atoms with Crippen molar-refractivity contribution >= 4 is 21.7 Å². The monoisotopic (exact) mass is 314 g/mol. The van der Waals surface area contributed by atoms with Crippen molar-refractivity contribution in [3.8, 4) is 17.1 Å². The molecule has 4 nitrogen and oxygen atoms in total. The van der Waals surface area contributed by atoms with Crippen molar-refractivity contribution in [2.24, 2.45) is 0 Å². The summed E-state index contributed by atoms with van der Waals surface area (Å²) in [6, 6.07) is 15.4. The molecule has 0 aliphatic rings. The number of hydrogen-bond acceptors (Lipinski definition) is 3. The molecule has 0 radical (unpaired) electrons. The molecule has 0 atom stereocenters. The zero-order valence-corrected chi connectivity index (χ0v) is 11.6. The maximum absolute atomic E-state index is 6.00. The van der Waals surface area contributed by atoms with E-state index in [1.165, 1.54) is 0 Å². The number of nitrogen functional groups attached to an aromatic ring is 1. The standard InChI is InChI=1S/C14H11BrN4/c15-10-6-7-12(17-9-10)13-8-14(16)19(18-13)11-4-2-1-3-5-11/h1-9H,16H2. The van der Waals surface area contributed by atoms with Gasteiger partial charge in [-0.1, -0.05) is 18.2 Å². The molecule has 5 heteroatoms.